The number of aliphatic hydroxyl groups excluding tert-OH is 1. The van der Waals surface area contributed by atoms with Crippen LogP contribution in [0.4, 0.5) is 32.0 Å². The van der Waals surface area contributed by atoms with Gasteiger partial charge in [0, 0.05) is 30.9 Å². The lowest BCUT2D eigenvalue weighted by molar-refractivity contribution is -0.143. The number of halogens is 6. The van der Waals surface area contributed by atoms with E-state index < -0.39 is 23.5 Å². The Morgan fingerprint density at radius 1 is 1.07 bits per heavy atom. The summed E-state index contributed by atoms with van der Waals surface area (Å²) in [6, 6.07) is 1.28. The van der Waals surface area contributed by atoms with Gasteiger partial charge in [-0.3, -0.25) is 0 Å². The normalized spacial score (nSPS) is 20.3. The lowest BCUT2D eigenvalue weighted by Gasteiger charge is -2.39. The number of likely N-dealkylation sites (N-methyl/N-ethyl adjacent to an activating group) is 1. The Bertz CT molecular complexity index is 693. The molecule has 2 rings (SSSR count). The number of benzene rings is 1. The highest BCUT2D eigenvalue weighted by Gasteiger charge is 2.37. The standard InChI is InChI=1S/C19H25F6N3OS/c1-28(7-4-8-29)16-6-3-2-5-15(16)27-17(30)26-14-10-12(18(20,21)22)9-13(11-14)19(23,24)25/h9-11,15-16,29H,2-8H2,1H3,(H2,26,27,30)/t15-,16-/m1/s1. The Morgan fingerprint density at radius 2 is 1.63 bits per heavy atom. The third-order valence-corrected chi connectivity index (χ3v) is 5.35. The molecular formula is C19H25F6N3OS. The monoisotopic (exact) mass is 457 g/mol. The molecular weight excluding hydrogens is 432 g/mol. The topological polar surface area (TPSA) is 47.5 Å². The summed E-state index contributed by atoms with van der Waals surface area (Å²) in [5.74, 6) is 0. The summed E-state index contributed by atoms with van der Waals surface area (Å²) in [5, 5.41) is 14.5. The van der Waals surface area contributed by atoms with Gasteiger partial charge in [0.1, 0.15) is 0 Å². The summed E-state index contributed by atoms with van der Waals surface area (Å²) < 4.78 is 78.1. The first-order chi connectivity index (χ1) is 13.9. The maximum Gasteiger partial charge on any atom is 0.416 e. The molecule has 0 saturated heterocycles. The molecule has 0 amide bonds. The molecule has 4 nitrogen and oxygen atoms in total. The number of aliphatic hydroxyl groups is 1. The van der Waals surface area contributed by atoms with Crippen LogP contribution in [0.2, 0.25) is 0 Å². The fraction of sp³-hybridized carbons (Fsp3) is 0.632. The van der Waals surface area contributed by atoms with Crippen molar-refractivity contribution in [2.75, 3.05) is 25.5 Å². The van der Waals surface area contributed by atoms with Crippen LogP contribution in [0, 0.1) is 0 Å². The third-order valence-electron chi connectivity index (χ3n) is 5.13. The Morgan fingerprint density at radius 3 is 2.17 bits per heavy atom. The number of rotatable bonds is 6. The highest BCUT2D eigenvalue weighted by Crippen LogP contribution is 2.37. The minimum Gasteiger partial charge on any atom is -0.396 e. The number of hydrogen-bond donors (Lipinski definition) is 3. The van der Waals surface area contributed by atoms with E-state index in [-0.39, 0.29) is 35.6 Å². The molecule has 0 aliphatic heterocycles. The summed E-state index contributed by atoms with van der Waals surface area (Å²) in [6.45, 7) is 0.730. The molecule has 0 radical (unpaired) electrons. The first kappa shape index (κ1) is 24.7. The first-order valence-electron chi connectivity index (χ1n) is 9.60. The number of anilines is 1. The molecule has 30 heavy (non-hydrogen) atoms. The van der Waals surface area contributed by atoms with Crippen LogP contribution >= 0.6 is 12.2 Å². The number of nitrogens with zero attached hydrogens (tertiary/aromatic N) is 1. The zero-order valence-electron chi connectivity index (χ0n) is 16.4. The first-order valence-corrected chi connectivity index (χ1v) is 10.0. The quantitative estimate of drug-likeness (QED) is 0.429. The van der Waals surface area contributed by atoms with E-state index >= 15 is 0 Å². The number of nitrogens with one attached hydrogen (secondary N) is 2. The second-order valence-electron chi connectivity index (χ2n) is 7.41. The summed E-state index contributed by atoms with van der Waals surface area (Å²) in [5.41, 5.74) is -3.18. The molecule has 0 spiro atoms. The smallest absolute Gasteiger partial charge is 0.396 e. The van der Waals surface area contributed by atoms with E-state index in [9.17, 15) is 26.3 Å². The maximum absolute atomic E-state index is 13.0. The van der Waals surface area contributed by atoms with Crippen LogP contribution < -0.4 is 10.6 Å². The highest BCUT2D eigenvalue weighted by atomic mass is 32.1. The summed E-state index contributed by atoms with van der Waals surface area (Å²) in [4.78, 5) is 2.09. The second kappa shape index (κ2) is 10.1. The van der Waals surface area contributed by atoms with Crippen LogP contribution in [0.5, 0.6) is 0 Å². The molecule has 1 fully saturated rings. The zero-order chi connectivity index (χ0) is 22.5. The molecule has 0 aromatic heterocycles. The van der Waals surface area contributed by atoms with Gasteiger partial charge in [-0.1, -0.05) is 12.8 Å². The van der Waals surface area contributed by atoms with Crippen molar-refractivity contribution in [3.63, 3.8) is 0 Å². The van der Waals surface area contributed by atoms with Gasteiger partial charge in [0.25, 0.3) is 0 Å². The summed E-state index contributed by atoms with van der Waals surface area (Å²) in [7, 11) is 1.92. The number of thiocarbonyl (C=S) groups is 1. The lowest BCUT2D eigenvalue weighted by Crippen LogP contribution is -2.53. The van der Waals surface area contributed by atoms with Crippen molar-refractivity contribution < 1.29 is 31.4 Å². The predicted molar refractivity (Wildman–Crippen MR) is 106 cm³/mol. The summed E-state index contributed by atoms with van der Waals surface area (Å²) in [6.07, 6.45) is -5.64. The molecule has 3 N–H and O–H groups in total. The van der Waals surface area contributed by atoms with Crippen molar-refractivity contribution in [3.8, 4) is 0 Å². The molecule has 1 aliphatic carbocycles. The largest absolute Gasteiger partial charge is 0.416 e. The van der Waals surface area contributed by atoms with E-state index in [4.69, 9.17) is 17.3 Å². The van der Waals surface area contributed by atoms with Crippen molar-refractivity contribution >= 4 is 23.0 Å². The fourth-order valence-corrected chi connectivity index (χ4v) is 3.93. The molecule has 1 aliphatic rings. The molecule has 1 saturated carbocycles. The van der Waals surface area contributed by atoms with Gasteiger partial charge in [-0.15, -0.1) is 0 Å². The van der Waals surface area contributed by atoms with Crippen molar-refractivity contribution in [1.29, 1.82) is 0 Å². The van der Waals surface area contributed by atoms with Gasteiger partial charge >= 0.3 is 12.4 Å². The molecule has 11 heteroatoms. The van der Waals surface area contributed by atoms with Crippen LogP contribution in [0.15, 0.2) is 18.2 Å². The average molecular weight is 457 g/mol. The fourth-order valence-electron chi connectivity index (χ4n) is 3.66. The lowest BCUT2D eigenvalue weighted by atomic mass is 9.89. The van der Waals surface area contributed by atoms with Crippen LogP contribution in [0.3, 0.4) is 0 Å². The zero-order valence-corrected chi connectivity index (χ0v) is 17.2. The molecule has 1 aromatic carbocycles. The van der Waals surface area contributed by atoms with E-state index in [0.29, 0.717) is 25.1 Å². The van der Waals surface area contributed by atoms with Crippen molar-refractivity contribution in [3.05, 3.63) is 29.3 Å². The second-order valence-corrected chi connectivity index (χ2v) is 7.82. The average Bonchev–Trinajstić information content (AvgIpc) is 2.64. The SMILES string of the molecule is CN(CCCO)[C@@H]1CCCC[C@H]1NC(=S)Nc1cc(C(F)(F)F)cc(C(F)(F)F)c1. The molecule has 170 valence electrons. The van der Waals surface area contributed by atoms with Gasteiger partial charge in [-0.25, -0.2) is 0 Å². The molecule has 0 unspecified atom stereocenters. The highest BCUT2D eigenvalue weighted by molar-refractivity contribution is 7.80. The van der Waals surface area contributed by atoms with Crippen molar-refractivity contribution in [2.24, 2.45) is 0 Å². The molecule has 0 bridgehead atoms. The Labute approximate surface area is 176 Å². The minimum atomic E-state index is -4.92. The van der Waals surface area contributed by atoms with Crippen molar-refractivity contribution in [2.45, 2.75) is 56.5 Å². The van der Waals surface area contributed by atoms with Gasteiger partial charge in [-0.05, 0) is 56.7 Å². The molecule has 1 aromatic rings. The van der Waals surface area contributed by atoms with Crippen LogP contribution in [-0.4, -0.2) is 47.4 Å². The van der Waals surface area contributed by atoms with Crippen LogP contribution in [-0.2, 0) is 12.4 Å². The third kappa shape index (κ3) is 6.98. The Balaban J connectivity index is 2.14. The van der Waals surface area contributed by atoms with Crippen LogP contribution in [0.25, 0.3) is 0 Å². The van der Waals surface area contributed by atoms with E-state index in [2.05, 4.69) is 15.5 Å². The number of hydrogen-bond acceptors (Lipinski definition) is 3. The Kier molecular flexibility index (Phi) is 8.35. The minimum absolute atomic E-state index is 0.0325. The molecule has 2 atom stereocenters. The van der Waals surface area contributed by atoms with Gasteiger partial charge in [0.05, 0.1) is 11.1 Å². The predicted octanol–water partition coefficient (Wildman–Crippen LogP) is 4.64. The molecule has 0 heterocycles. The maximum atomic E-state index is 13.0. The Hall–Kier alpha value is -1.59. The van der Waals surface area contributed by atoms with Gasteiger partial charge in [0.2, 0.25) is 0 Å². The van der Waals surface area contributed by atoms with Gasteiger partial charge in [-0.2, -0.15) is 26.3 Å². The van der Waals surface area contributed by atoms with E-state index in [1.54, 1.807) is 0 Å². The van der Waals surface area contributed by atoms with Gasteiger partial charge < -0.3 is 20.6 Å². The number of alkyl halides is 6. The van der Waals surface area contributed by atoms with E-state index in [1.165, 1.54) is 0 Å². The van der Waals surface area contributed by atoms with Crippen molar-refractivity contribution in [1.82, 2.24) is 10.2 Å². The van der Waals surface area contributed by atoms with E-state index in [0.717, 1.165) is 25.7 Å². The van der Waals surface area contributed by atoms with E-state index in [1.807, 2.05) is 7.05 Å². The summed E-state index contributed by atoms with van der Waals surface area (Å²) >= 11 is 5.17. The van der Waals surface area contributed by atoms with Crippen LogP contribution in [0.1, 0.15) is 43.2 Å². The van der Waals surface area contributed by atoms with Gasteiger partial charge in [0.15, 0.2) is 5.11 Å².